The van der Waals surface area contributed by atoms with Crippen LogP contribution < -0.4 is 0 Å². The van der Waals surface area contributed by atoms with Crippen molar-refractivity contribution in [3.05, 3.63) is 23.3 Å². The quantitative estimate of drug-likeness (QED) is 0.509. The van der Waals surface area contributed by atoms with Gasteiger partial charge in [-0.3, -0.25) is 0 Å². The van der Waals surface area contributed by atoms with Gasteiger partial charge in [0.05, 0.1) is 0 Å². The number of hydrogen-bond donors (Lipinski definition) is 0. The molecule has 0 amide bonds. The molecule has 0 nitrogen and oxygen atoms in total. The maximum absolute atomic E-state index is 2.39. The highest BCUT2D eigenvalue weighted by atomic mass is 14.3. The van der Waals surface area contributed by atoms with Gasteiger partial charge in [-0.25, -0.2) is 0 Å². The van der Waals surface area contributed by atoms with Crippen LogP contribution in [-0.4, -0.2) is 0 Å². The molecule has 2 rings (SSSR count). The first-order valence-corrected chi connectivity index (χ1v) is 5.16. The molecular weight excluding hydrogens is 144 g/mol. The summed E-state index contributed by atoms with van der Waals surface area (Å²) in [6.07, 6.45) is 10.1. The van der Waals surface area contributed by atoms with Crippen molar-refractivity contribution >= 4 is 0 Å². The summed E-state index contributed by atoms with van der Waals surface area (Å²) in [4.78, 5) is 0. The minimum Gasteiger partial charge on any atom is -0.0839 e. The molecule has 0 saturated heterocycles. The highest BCUT2D eigenvalue weighted by Crippen LogP contribution is 2.38. The molecular formula is C12H18. The normalized spacial score (nSPS) is 35.2. The molecule has 0 radical (unpaired) electrons. The van der Waals surface area contributed by atoms with Gasteiger partial charge in [0.15, 0.2) is 0 Å². The molecule has 0 aromatic carbocycles. The Morgan fingerprint density at radius 2 is 2.17 bits per heavy atom. The zero-order valence-corrected chi connectivity index (χ0v) is 8.14. The Labute approximate surface area is 75.4 Å². The van der Waals surface area contributed by atoms with Gasteiger partial charge < -0.3 is 0 Å². The fourth-order valence-electron chi connectivity index (χ4n) is 2.70. The molecule has 0 saturated carbocycles. The average Bonchev–Trinajstić information content (AvgIpc) is 2.04. The van der Waals surface area contributed by atoms with Crippen molar-refractivity contribution in [2.45, 2.75) is 39.5 Å². The molecule has 2 aliphatic rings. The Hall–Kier alpha value is -0.520. The smallest absolute Gasteiger partial charge is 0.0188 e. The van der Waals surface area contributed by atoms with Crippen LogP contribution in [0.5, 0.6) is 0 Å². The molecule has 0 N–H and O–H groups in total. The first-order valence-electron chi connectivity index (χ1n) is 5.16. The lowest BCUT2D eigenvalue weighted by Gasteiger charge is -2.30. The molecule has 0 aliphatic heterocycles. The number of hydrogen-bond acceptors (Lipinski definition) is 0. The summed E-state index contributed by atoms with van der Waals surface area (Å²) in [6.45, 7) is 4.76. The van der Waals surface area contributed by atoms with E-state index in [1.807, 2.05) is 0 Å². The van der Waals surface area contributed by atoms with Gasteiger partial charge in [0, 0.05) is 0 Å². The van der Waals surface area contributed by atoms with Crippen molar-refractivity contribution in [3.8, 4) is 0 Å². The third-order valence-electron chi connectivity index (χ3n) is 3.20. The highest BCUT2D eigenvalue weighted by molar-refractivity contribution is 5.33. The van der Waals surface area contributed by atoms with Crippen molar-refractivity contribution in [1.82, 2.24) is 0 Å². The molecule has 0 heterocycles. The monoisotopic (exact) mass is 162 g/mol. The zero-order valence-electron chi connectivity index (χ0n) is 8.14. The van der Waals surface area contributed by atoms with E-state index in [2.05, 4.69) is 26.0 Å². The maximum atomic E-state index is 2.39. The Balaban J connectivity index is 2.27. The van der Waals surface area contributed by atoms with Crippen molar-refractivity contribution in [2.75, 3.05) is 0 Å². The largest absolute Gasteiger partial charge is 0.0839 e. The van der Waals surface area contributed by atoms with Crippen molar-refractivity contribution < 1.29 is 0 Å². The van der Waals surface area contributed by atoms with Crippen molar-refractivity contribution in [3.63, 3.8) is 0 Å². The van der Waals surface area contributed by atoms with Crippen LogP contribution in [0, 0.1) is 11.8 Å². The number of rotatable bonds is 0. The van der Waals surface area contributed by atoms with E-state index in [4.69, 9.17) is 0 Å². The standard InChI is InChI=1S/C12H18/c1-9-7-10(2)12-6-4-3-5-11(12)8-9/h4,6,9-10H,3,5,7-8H2,1-2H3. The van der Waals surface area contributed by atoms with Crippen molar-refractivity contribution in [1.29, 1.82) is 0 Å². The Morgan fingerprint density at radius 1 is 1.33 bits per heavy atom. The molecule has 0 aromatic heterocycles. The molecule has 12 heavy (non-hydrogen) atoms. The van der Waals surface area contributed by atoms with Crippen LogP contribution in [0.3, 0.4) is 0 Å². The second kappa shape index (κ2) is 3.08. The molecule has 0 fully saturated rings. The van der Waals surface area contributed by atoms with Crippen LogP contribution in [-0.2, 0) is 0 Å². The summed E-state index contributed by atoms with van der Waals surface area (Å²) in [5, 5.41) is 0. The van der Waals surface area contributed by atoms with Crippen LogP contribution in [0.1, 0.15) is 39.5 Å². The molecule has 0 spiro atoms. The molecule has 0 bridgehead atoms. The first kappa shape index (κ1) is 8.10. The molecule has 2 unspecified atom stereocenters. The summed E-state index contributed by atoms with van der Waals surface area (Å²) in [7, 11) is 0. The van der Waals surface area contributed by atoms with E-state index in [0.29, 0.717) is 0 Å². The van der Waals surface area contributed by atoms with Gasteiger partial charge in [0.1, 0.15) is 0 Å². The fraction of sp³-hybridized carbons (Fsp3) is 0.667. The molecule has 2 aliphatic carbocycles. The molecule has 66 valence electrons. The summed E-state index contributed by atoms with van der Waals surface area (Å²) in [5.74, 6) is 1.74. The van der Waals surface area contributed by atoms with Crippen LogP contribution in [0.2, 0.25) is 0 Å². The lowest BCUT2D eigenvalue weighted by molar-refractivity contribution is 0.413. The van der Waals surface area contributed by atoms with Crippen LogP contribution >= 0.6 is 0 Å². The van der Waals surface area contributed by atoms with Crippen LogP contribution in [0.4, 0.5) is 0 Å². The summed E-state index contributed by atoms with van der Waals surface area (Å²) in [6, 6.07) is 0. The molecule has 0 aromatic rings. The molecule has 0 heteroatoms. The fourth-order valence-corrected chi connectivity index (χ4v) is 2.70. The predicted molar refractivity (Wildman–Crippen MR) is 53.0 cm³/mol. The summed E-state index contributed by atoms with van der Waals surface area (Å²) >= 11 is 0. The van der Waals surface area contributed by atoms with E-state index in [1.54, 1.807) is 11.1 Å². The lowest BCUT2D eigenvalue weighted by atomic mass is 9.75. The second-order valence-electron chi connectivity index (χ2n) is 4.45. The van der Waals surface area contributed by atoms with Gasteiger partial charge in [0.25, 0.3) is 0 Å². The van der Waals surface area contributed by atoms with Crippen LogP contribution in [0.15, 0.2) is 23.3 Å². The van der Waals surface area contributed by atoms with Gasteiger partial charge in [-0.15, -0.1) is 0 Å². The third-order valence-corrected chi connectivity index (χ3v) is 3.20. The summed E-state index contributed by atoms with van der Waals surface area (Å²) in [5.41, 5.74) is 3.42. The molecule has 2 atom stereocenters. The van der Waals surface area contributed by atoms with Crippen molar-refractivity contribution in [2.24, 2.45) is 11.8 Å². The van der Waals surface area contributed by atoms with E-state index < -0.39 is 0 Å². The van der Waals surface area contributed by atoms with E-state index in [1.165, 1.54) is 25.7 Å². The maximum Gasteiger partial charge on any atom is -0.0188 e. The summed E-state index contributed by atoms with van der Waals surface area (Å²) < 4.78 is 0. The van der Waals surface area contributed by atoms with E-state index in [-0.39, 0.29) is 0 Å². The minimum absolute atomic E-state index is 0.820. The van der Waals surface area contributed by atoms with Gasteiger partial charge in [-0.05, 0) is 43.1 Å². The van der Waals surface area contributed by atoms with Gasteiger partial charge in [-0.2, -0.15) is 0 Å². The Morgan fingerprint density at radius 3 is 3.00 bits per heavy atom. The zero-order chi connectivity index (χ0) is 8.55. The topological polar surface area (TPSA) is 0 Å². The third kappa shape index (κ3) is 1.35. The predicted octanol–water partition coefficient (Wildman–Crippen LogP) is 3.70. The number of allylic oxidation sites excluding steroid dienone is 4. The van der Waals surface area contributed by atoms with Gasteiger partial charge in [0.2, 0.25) is 0 Å². The Bertz CT molecular complexity index is 232. The first-order chi connectivity index (χ1) is 5.77. The van der Waals surface area contributed by atoms with E-state index in [9.17, 15) is 0 Å². The highest BCUT2D eigenvalue weighted by Gasteiger charge is 2.23. The minimum atomic E-state index is 0.820. The second-order valence-corrected chi connectivity index (χ2v) is 4.45. The van der Waals surface area contributed by atoms with E-state index >= 15 is 0 Å². The Kier molecular flexibility index (Phi) is 2.08. The van der Waals surface area contributed by atoms with Crippen LogP contribution in [0.25, 0.3) is 0 Å². The lowest BCUT2D eigenvalue weighted by Crippen LogP contribution is -2.16. The van der Waals surface area contributed by atoms with Gasteiger partial charge in [-0.1, -0.05) is 31.6 Å². The SMILES string of the molecule is CC1CC2=C(C=CCC2)C(C)C1. The van der Waals surface area contributed by atoms with Gasteiger partial charge >= 0.3 is 0 Å². The average molecular weight is 162 g/mol. The van der Waals surface area contributed by atoms with E-state index in [0.717, 1.165) is 11.8 Å².